The van der Waals surface area contributed by atoms with E-state index in [1.165, 1.54) is 0 Å². The minimum Gasteiger partial charge on any atom is -0.369 e. The lowest BCUT2D eigenvalue weighted by molar-refractivity contribution is 0.281. The summed E-state index contributed by atoms with van der Waals surface area (Å²) in [5.41, 5.74) is 9.22. The Balaban J connectivity index is 1.66. The highest BCUT2D eigenvalue weighted by Crippen LogP contribution is 2.29. The first-order valence-corrected chi connectivity index (χ1v) is 10.4. The number of aromatic nitrogens is 2. The third-order valence-electron chi connectivity index (χ3n) is 5.29. The summed E-state index contributed by atoms with van der Waals surface area (Å²) >= 11 is 6.01. The van der Waals surface area contributed by atoms with Crippen LogP contribution in [0, 0.1) is 11.3 Å². The monoisotopic (exact) mass is 431 g/mol. The fourth-order valence-electron chi connectivity index (χ4n) is 3.77. The highest BCUT2D eigenvalue weighted by atomic mass is 35.5. The molecule has 156 valence electrons. The van der Waals surface area contributed by atoms with E-state index in [4.69, 9.17) is 27.6 Å². The molecule has 0 bridgehead atoms. The lowest BCUT2D eigenvalue weighted by atomic mass is 10.0. The van der Waals surface area contributed by atoms with Gasteiger partial charge in [-0.25, -0.2) is 15.0 Å². The van der Waals surface area contributed by atoms with Gasteiger partial charge >= 0.3 is 0 Å². The molecule has 0 saturated carbocycles. The predicted molar refractivity (Wildman–Crippen MR) is 122 cm³/mol. The molecule has 1 aromatic heterocycles. The smallest absolute Gasteiger partial charge is 0.224 e. The number of anilines is 1. The number of hydrogen-bond acceptors (Lipinski definition) is 5. The van der Waals surface area contributed by atoms with Gasteiger partial charge in [-0.2, -0.15) is 5.26 Å². The van der Waals surface area contributed by atoms with Crippen molar-refractivity contribution >= 4 is 29.1 Å². The maximum atomic E-state index is 9.11. The molecule has 1 aliphatic rings. The molecule has 2 heterocycles. The van der Waals surface area contributed by atoms with Crippen molar-refractivity contribution in [2.24, 2.45) is 10.7 Å². The first-order chi connectivity index (χ1) is 15.2. The maximum Gasteiger partial charge on any atom is 0.224 e. The fraction of sp³-hybridized carbons (Fsp3) is 0.217. The summed E-state index contributed by atoms with van der Waals surface area (Å²) in [7, 11) is 0. The quantitative estimate of drug-likeness (QED) is 0.384. The van der Waals surface area contributed by atoms with Gasteiger partial charge in [-0.05, 0) is 34.9 Å². The van der Waals surface area contributed by atoms with Crippen LogP contribution in [0.4, 0.5) is 11.5 Å². The van der Waals surface area contributed by atoms with E-state index < -0.39 is 0 Å². The van der Waals surface area contributed by atoms with Crippen LogP contribution in [-0.4, -0.2) is 40.5 Å². The molecule has 0 radical (unpaired) electrons. The number of guanidine groups is 1. The second kappa shape index (κ2) is 9.45. The number of nitrogens with two attached hydrogens (primary N) is 1. The Hall–Kier alpha value is -3.63. The van der Waals surface area contributed by atoms with E-state index >= 15 is 0 Å². The molecular formula is C23H22ClN7. The van der Waals surface area contributed by atoms with Crippen molar-refractivity contribution in [2.45, 2.75) is 12.5 Å². The standard InChI is InChI=1S/C23H22ClN7/c24-22-27-13-11-21(29-22)30-14-15-31(20(16-30)18-7-2-1-3-8-18)23(26)28-19-9-5-4-6-17(19)10-12-25/h1-9,11,13,20H,10,14-16H2,(H2,26,28). The zero-order valence-corrected chi connectivity index (χ0v) is 17.7. The lowest BCUT2D eigenvalue weighted by Gasteiger charge is -2.42. The van der Waals surface area contributed by atoms with Gasteiger partial charge in [-0.1, -0.05) is 48.5 Å². The van der Waals surface area contributed by atoms with Crippen LogP contribution in [0.3, 0.4) is 0 Å². The summed E-state index contributed by atoms with van der Waals surface area (Å²) in [4.78, 5) is 17.3. The van der Waals surface area contributed by atoms with Crippen molar-refractivity contribution in [3.63, 3.8) is 0 Å². The number of hydrogen-bond donors (Lipinski definition) is 1. The van der Waals surface area contributed by atoms with Crippen molar-refractivity contribution in [2.75, 3.05) is 24.5 Å². The topological polar surface area (TPSA) is 94.4 Å². The molecule has 2 N–H and O–H groups in total. The minimum absolute atomic E-state index is 0.0180. The maximum absolute atomic E-state index is 9.11. The van der Waals surface area contributed by atoms with E-state index in [2.05, 4.69) is 38.0 Å². The van der Waals surface area contributed by atoms with E-state index in [1.807, 2.05) is 48.5 Å². The van der Waals surface area contributed by atoms with E-state index in [0.29, 0.717) is 25.6 Å². The summed E-state index contributed by atoms with van der Waals surface area (Å²) in [6, 6.07) is 21.8. The Morgan fingerprint density at radius 2 is 1.90 bits per heavy atom. The van der Waals surface area contributed by atoms with Crippen LogP contribution in [0.5, 0.6) is 0 Å². The summed E-state index contributed by atoms with van der Waals surface area (Å²) in [5.74, 6) is 1.22. The van der Waals surface area contributed by atoms with Crippen molar-refractivity contribution < 1.29 is 0 Å². The molecule has 1 unspecified atom stereocenters. The van der Waals surface area contributed by atoms with Crippen LogP contribution in [0.1, 0.15) is 17.2 Å². The average Bonchev–Trinajstić information content (AvgIpc) is 2.81. The molecule has 0 aliphatic carbocycles. The number of halogens is 1. The number of nitrogens with zero attached hydrogens (tertiary/aromatic N) is 6. The first kappa shape index (κ1) is 20.6. The van der Waals surface area contributed by atoms with Crippen LogP contribution in [-0.2, 0) is 6.42 Å². The number of nitriles is 1. The van der Waals surface area contributed by atoms with E-state index in [9.17, 15) is 0 Å². The van der Waals surface area contributed by atoms with Gasteiger partial charge in [0.15, 0.2) is 5.96 Å². The van der Waals surface area contributed by atoms with E-state index in [0.717, 1.165) is 22.6 Å². The molecule has 3 aromatic rings. The summed E-state index contributed by atoms with van der Waals surface area (Å²) in [5, 5.41) is 9.34. The molecule has 31 heavy (non-hydrogen) atoms. The van der Waals surface area contributed by atoms with E-state index in [1.54, 1.807) is 6.20 Å². The van der Waals surface area contributed by atoms with Crippen molar-refractivity contribution in [3.8, 4) is 6.07 Å². The highest BCUT2D eigenvalue weighted by molar-refractivity contribution is 6.28. The van der Waals surface area contributed by atoms with Crippen molar-refractivity contribution in [3.05, 3.63) is 83.3 Å². The zero-order chi connectivity index (χ0) is 21.6. The van der Waals surface area contributed by atoms with Gasteiger partial charge in [0.1, 0.15) is 5.82 Å². The second-order valence-electron chi connectivity index (χ2n) is 7.18. The number of aliphatic imine (C=N–C) groups is 1. The average molecular weight is 432 g/mol. The van der Waals surface area contributed by atoms with Gasteiger partial charge in [-0.3, -0.25) is 0 Å². The molecule has 4 rings (SSSR count). The molecule has 1 fully saturated rings. The predicted octanol–water partition coefficient (Wildman–Crippen LogP) is 3.71. The number of benzene rings is 2. The molecule has 1 saturated heterocycles. The van der Waals surface area contributed by atoms with Crippen LogP contribution < -0.4 is 10.6 Å². The van der Waals surface area contributed by atoms with Gasteiger partial charge < -0.3 is 15.5 Å². The summed E-state index contributed by atoms with van der Waals surface area (Å²) in [6.07, 6.45) is 1.95. The molecule has 1 atom stereocenters. The Morgan fingerprint density at radius 1 is 1.13 bits per heavy atom. The Morgan fingerprint density at radius 3 is 2.68 bits per heavy atom. The lowest BCUT2D eigenvalue weighted by Crippen LogP contribution is -2.53. The SMILES string of the molecule is N#CCc1ccccc1N=C(N)N1CCN(c2ccnc(Cl)n2)CC1c1ccccc1. The summed E-state index contributed by atoms with van der Waals surface area (Å²) in [6.45, 7) is 2.05. The van der Waals surface area contributed by atoms with Gasteiger partial charge in [-0.15, -0.1) is 0 Å². The highest BCUT2D eigenvalue weighted by Gasteiger charge is 2.30. The van der Waals surface area contributed by atoms with Crippen molar-refractivity contribution in [1.82, 2.24) is 14.9 Å². The third kappa shape index (κ3) is 4.76. The molecule has 2 aromatic carbocycles. The Labute approximate surface area is 186 Å². The van der Waals surface area contributed by atoms with Gasteiger partial charge in [0.25, 0.3) is 0 Å². The minimum atomic E-state index is -0.0180. The number of rotatable bonds is 4. The molecule has 1 aliphatic heterocycles. The molecule has 7 nitrogen and oxygen atoms in total. The molecule has 8 heteroatoms. The molecule has 0 spiro atoms. The fourth-order valence-corrected chi connectivity index (χ4v) is 3.91. The van der Waals surface area contributed by atoms with Crippen LogP contribution in [0.25, 0.3) is 0 Å². The summed E-state index contributed by atoms with van der Waals surface area (Å²) < 4.78 is 0. The molecule has 0 amide bonds. The normalized spacial score (nSPS) is 16.8. The van der Waals surface area contributed by atoms with Crippen LogP contribution in [0.2, 0.25) is 5.28 Å². The zero-order valence-electron chi connectivity index (χ0n) is 16.9. The third-order valence-corrected chi connectivity index (χ3v) is 5.47. The van der Waals surface area contributed by atoms with Crippen molar-refractivity contribution in [1.29, 1.82) is 5.26 Å². The van der Waals surface area contributed by atoms with Gasteiger partial charge in [0, 0.05) is 25.8 Å². The van der Waals surface area contributed by atoms with Gasteiger partial charge in [0.2, 0.25) is 5.28 Å². The van der Waals surface area contributed by atoms with Gasteiger partial charge in [0.05, 0.1) is 24.2 Å². The Bertz CT molecular complexity index is 1110. The van der Waals surface area contributed by atoms with E-state index in [-0.39, 0.29) is 17.7 Å². The molecular weight excluding hydrogens is 410 g/mol. The van der Waals surface area contributed by atoms with Crippen LogP contribution in [0.15, 0.2) is 71.9 Å². The largest absolute Gasteiger partial charge is 0.369 e. The van der Waals surface area contributed by atoms with Crippen LogP contribution >= 0.6 is 11.6 Å². The second-order valence-corrected chi connectivity index (χ2v) is 7.52. The number of para-hydroxylation sites is 1. The first-order valence-electron chi connectivity index (χ1n) is 10.00. The number of piperazine rings is 1. The Kier molecular flexibility index (Phi) is 6.29.